The summed E-state index contributed by atoms with van der Waals surface area (Å²) in [6, 6.07) is 13.4. The minimum absolute atomic E-state index is 0.675. The first-order chi connectivity index (χ1) is 10.1. The first-order valence-corrected chi connectivity index (χ1v) is 6.49. The Balaban J connectivity index is 2.09. The van der Waals surface area contributed by atoms with E-state index < -0.39 is 5.97 Å². The van der Waals surface area contributed by atoms with Crippen LogP contribution in [0.5, 0.6) is 0 Å². The maximum Gasteiger partial charge on any atom is 0.174 e. The molecule has 104 valence electrons. The van der Waals surface area contributed by atoms with E-state index in [2.05, 4.69) is 5.16 Å². The summed E-state index contributed by atoms with van der Waals surface area (Å²) in [4.78, 5) is 10.5. The molecule has 0 aliphatic heterocycles. The molecule has 2 aromatic carbocycles. The van der Waals surface area contributed by atoms with Crippen molar-refractivity contribution in [3.63, 3.8) is 0 Å². The molecule has 0 saturated heterocycles. The van der Waals surface area contributed by atoms with Gasteiger partial charge in [0.05, 0.1) is 11.4 Å². The van der Waals surface area contributed by atoms with Crippen molar-refractivity contribution in [2.75, 3.05) is 0 Å². The van der Waals surface area contributed by atoms with E-state index in [1.54, 1.807) is 12.1 Å². The molecule has 0 bridgehead atoms. The smallest absolute Gasteiger partial charge is 0.174 e. The fraction of sp³-hybridized carbons (Fsp3) is 0.0588. The van der Waals surface area contributed by atoms with Crippen molar-refractivity contribution in [3.05, 3.63) is 59.7 Å². The number of carboxylic acid groups (broad SMARTS) is 1. The van der Waals surface area contributed by atoms with Crippen LogP contribution in [0.4, 0.5) is 0 Å². The molecule has 0 spiro atoms. The number of hydrogen-bond donors (Lipinski definition) is 0. The quantitative estimate of drug-likeness (QED) is 0.691. The maximum absolute atomic E-state index is 10.5. The van der Waals surface area contributed by atoms with Gasteiger partial charge >= 0.3 is 0 Å². The van der Waals surface area contributed by atoms with E-state index in [1.807, 2.05) is 37.3 Å². The highest BCUT2D eigenvalue weighted by molar-refractivity contribution is 5.93. The highest BCUT2D eigenvalue weighted by atomic mass is 16.5. The summed E-state index contributed by atoms with van der Waals surface area (Å²) in [7, 11) is 0. The van der Waals surface area contributed by atoms with Crippen molar-refractivity contribution < 1.29 is 14.4 Å². The summed E-state index contributed by atoms with van der Waals surface area (Å²) in [6.07, 6.45) is 2.49. The van der Waals surface area contributed by atoms with E-state index in [4.69, 9.17) is 4.52 Å². The van der Waals surface area contributed by atoms with Gasteiger partial charge in [-0.1, -0.05) is 47.1 Å². The lowest BCUT2D eigenvalue weighted by atomic mass is 10.0. The highest BCUT2D eigenvalue weighted by Gasteiger charge is 2.10. The zero-order valence-corrected chi connectivity index (χ0v) is 11.4. The van der Waals surface area contributed by atoms with Gasteiger partial charge in [0, 0.05) is 5.56 Å². The molecular weight excluding hydrogens is 266 g/mol. The molecule has 0 fully saturated rings. The van der Waals surface area contributed by atoms with Gasteiger partial charge in [-0.2, -0.15) is 0 Å². The molecule has 4 heteroatoms. The zero-order valence-electron chi connectivity index (χ0n) is 11.4. The van der Waals surface area contributed by atoms with Gasteiger partial charge in [0.25, 0.3) is 0 Å². The molecule has 1 heterocycles. The zero-order chi connectivity index (χ0) is 14.8. The highest BCUT2D eigenvalue weighted by Crippen LogP contribution is 2.29. The molecule has 3 aromatic rings. The molecule has 0 saturated carbocycles. The number of aliphatic carboxylic acids is 1. The average Bonchev–Trinajstić information content (AvgIpc) is 2.89. The maximum atomic E-state index is 10.5. The Hall–Kier alpha value is -2.88. The number of carbonyl (C=O) groups is 1. The van der Waals surface area contributed by atoms with Gasteiger partial charge in [-0.25, -0.2) is 0 Å². The summed E-state index contributed by atoms with van der Waals surface area (Å²) in [5, 5.41) is 15.4. The van der Waals surface area contributed by atoms with Gasteiger partial charge in [0.1, 0.15) is 5.52 Å². The van der Waals surface area contributed by atoms with Crippen molar-refractivity contribution in [3.8, 4) is 11.3 Å². The standard InChI is InChI=1S/C17H13NO3/c1-11-2-6-13(7-3-11)17-14-10-12(5-9-16(19)20)4-8-15(14)18-21-17/h2-10H,1H3,(H,19,20)/p-1/b9-5+. The second kappa shape index (κ2) is 5.25. The van der Waals surface area contributed by atoms with E-state index in [0.29, 0.717) is 5.76 Å². The third-order valence-corrected chi connectivity index (χ3v) is 3.23. The van der Waals surface area contributed by atoms with E-state index >= 15 is 0 Å². The van der Waals surface area contributed by atoms with Crippen LogP contribution >= 0.6 is 0 Å². The fourth-order valence-corrected chi connectivity index (χ4v) is 2.14. The van der Waals surface area contributed by atoms with Crippen molar-refractivity contribution in [1.29, 1.82) is 0 Å². The van der Waals surface area contributed by atoms with Crippen LogP contribution in [0.1, 0.15) is 11.1 Å². The van der Waals surface area contributed by atoms with E-state index in [9.17, 15) is 9.90 Å². The number of nitrogens with zero attached hydrogens (tertiary/aromatic N) is 1. The number of fused-ring (bicyclic) bond motifs is 1. The van der Waals surface area contributed by atoms with Crippen LogP contribution in [-0.4, -0.2) is 11.1 Å². The molecule has 21 heavy (non-hydrogen) atoms. The topological polar surface area (TPSA) is 66.2 Å². The Kier molecular flexibility index (Phi) is 3.28. The van der Waals surface area contributed by atoms with Crippen molar-refractivity contribution in [1.82, 2.24) is 5.16 Å². The summed E-state index contributed by atoms with van der Waals surface area (Å²) in [6.45, 7) is 2.02. The van der Waals surface area contributed by atoms with E-state index in [-0.39, 0.29) is 0 Å². The molecule has 3 rings (SSSR count). The minimum atomic E-state index is -1.22. The Morgan fingerprint density at radius 1 is 1.19 bits per heavy atom. The van der Waals surface area contributed by atoms with Crippen LogP contribution in [0.25, 0.3) is 28.3 Å². The van der Waals surface area contributed by atoms with Gasteiger partial charge in [-0.05, 0) is 30.7 Å². The van der Waals surface area contributed by atoms with Crippen molar-refractivity contribution in [2.24, 2.45) is 0 Å². The number of carbonyl (C=O) groups excluding carboxylic acids is 1. The Morgan fingerprint density at radius 2 is 1.95 bits per heavy atom. The lowest BCUT2D eigenvalue weighted by Gasteiger charge is -1.99. The van der Waals surface area contributed by atoms with E-state index in [1.165, 1.54) is 11.6 Å². The minimum Gasteiger partial charge on any atom is -0.545 e. The largest absolute Gasteiger partial charge is 0.545 e. The summed E-state index contributed by atoms with van der Waals surface area (Å²) >= 11 is 0. The van der Waals surface area contributed by atoms with Crippen LogP contribution in [-0.2, 0) is 4.79 Å². The monoisotopic (exact) mass is 278 g/mol. The van der Waals surface area contributed by atoms with Crippen LogP contribution < -0.4 is 5.11 Å². The second-order valence-electron chi connectivity index (χ2n) is 4.81. The van der Waals surface area contributed by atoms with Crippen molar-refractivity contribution in [2.45, 2.75) is 6.92 Å². The van der Waals surface area contributed by atoms with Gasteiger partial charge in [-0.15, -0.1) is 0 Å². The van der Waals surface area contributed by atoms with Crippen LogP contribution in [0.15, 0.2) is 53.1 Å². The summed E-state index contributed by atoms with van der Waals surface area (Å²) in [5.74, 6) is -0.548. The molecule has 0 N–H and O–H groups in total. The second-order valence-corrected chi connectivity index (χ2v) is 4.81. The molecule has 0 unspecified atom stereocenters. The lowest BCUT2D eigenvalue weighted by molar-refractivity contribution is -0.297. The van der Waals surface area contributed by atoms with E-state index in [0.717, 1.165) is 28.1 Å². The lowest BCUT2D eigenvalue weighted by Crippen LogP contribution is -2.18. The van der Waals surface area contributed by atoms with Crippen LogP contribution in [0, 0.1) is 6.92 Å². The summed E-state index contributed by atoms with van der Waals surface area (Å²) < 4.78 is 5.42. The Bertz CT molecular complexity index is 829. The number of aryl methyl sites for hydroxylation is 1. The number of benzene rings is 2. The van der Waals surface area contributed by atoms with Gasteiger partial charge in [0.2, 0.25) is 0 Å². The third-order valence-electron chi connectivity index (χ3n) is 3.23. The molecule has 4 nitrogen and oxygen atoms in total. The SMILES string of the molecule is Cc1ccc(-c2onc3ccc(/C=C/C(=O)[O-])cc23)cc1. The first-order valence-electron chi connectivity index (χ1n) is 6.49. The number of hydrogen-bond acceptors (Lipinski definition) is 4. The molecular formula is C17H12NO3-. The summed E-state index contributed by atoms with van der Waals surface area (Å²) in [5.41, 5.74) is 3.59. The van der Waals surface area contributed by atoms with Gasteiger partial charge in [0.15, 0.2) is 5.76 Å². The van der Waals surface area contributed by atoms with Crippen LogP contribution in [0.2, 0.25) is 0 Å². The molecule has 0 atom stereocenters. The van der Waals surface area contributed by atoms with Gasteiger partial charge in [-0.3, -0.25) is 0 Å². The Morgan fingerprint density at radius 3 is 2.67 bits per heavy atom. The third kappa shape index (κ3) is 2.69. The molecule has 0 amide bonds. The predicted molar refractivity (Wildman–Crippen MR) is 78.2 cm³/mol. The van der Waals surface area contributed by atoms with Crippen LogP contribution in [0.3, 0.4) is 0 Å². The van der Waals surface area contributed by atoms with Gasteiger partial charge < -0.3 is 14.4 Å². The normalized spacial score (nSPS) is 11.3. The molecule has 0 radical (unpaired) electrons. The molecule has 0 aliphatic carbocycles. The fourth-order valence-electron chi connectivity index (χ4n) is 2.14. The Labute approximate surface area is 121 Å². The predicted octanol–water partition coefficient (Wildman–Crippen LogP) is 2.57. The molecule has 0 aliphatic rings. The van der Waals surface area contributed by atoms with Crippen molar-refractivity contribution >= 4 is 22.9 Å². The number of rotatable bonds is 3. The molecule has 1 aromatic heterocycles. The number of aromatic nitrogens is 1. The number of carboxylic acids is 1. The average molecular weight is 278 g/mol. The first kappa shape index (κ1) is 13.1.